The molecule has 0 aliphatic carbocycles. The fraction of sp³-hybridized carbons (Fsp3) is 0.700. The van der Waals surface area contributed by atoms with E-state index < -0.39 is 15.8 Å². The van der Waals surface area contributed by atoms with E-state index in [1.165, 1.54) is 0 Å². The van der Waals surface area contributed by atoms with Crippen molar-refractivity contribution in [1.82, 2.24) is 10.1 Å². The second-order valence-electron chi connectivity index (χ2n) is 4.39. The zero-order chi connectivity index (χ0) is 13.2. The first-order valence-electron chi connectivity index (χ1n) is 5.71. The van der Waals surface area contributed by atoms with E-state index in [0.717, 1.165) is 0 Å². The van der Waals surface area contributed by atoms with Crippen molar-refractivity contribution in [2.24, 2.45) is 0 Å². The fourth-order valence-electron chi connectivity index (χ4n) is 1.92. The van der Waals surface area contributed by atoms with Gasteiger partial charge in [-0.2, -0.15) is 4.98 Å². The fourth-order valence-corrected chi connectivity index (χ4v) is 3.66. The van der Waals surface area contributed by atoms with Gasteiger partial charge in [0.25, 0.3) is 0 Å². The van der Waals surface area contributed by atoms with Gasteiger partial charge in [0.05, 0.1) is 11.5 Å². The Labute approximate surface area is 104 Å². The average molecular weight is 274 g/mol. The maximum atomic E-state index is 11.3. The molecule has 0 bridgehead atoms. The summed E-state index contributed by atoms with van der Waals surface area (Å²) in [5.41, 5.74) is 0. The first-order chi connectivity index (χ1) is 8.46. The molecule has 0 radical (unpaired) electrons. The van der Waals surface area contributed by atoms with Crippen LogP contribution in [0.25, 0.3) is 0 Å². The number of hydrogen-bond donors (Lipinski definition) is 1. The van der Waals surface area contributed by atoms with Crippen LogP contribution in [0.4, 0.5) is 0 Å². The molecule has 1 fully saturated rings. The number of aryl methyl sites for hydroxylation is 1. The Morgan fingerprint density at radius 1 is 1.50 bits per heavy atom. The number of sulfone groups is 1. The van der Waals surface area contributed by atoms with Crippen molar-refractivity contribution in [3.8, 4) is 0 Å². The van der Waals surface area contributed by atoms with Crippen LogP contribution in [-0.4, -0.2) is 41.1 Å². The minimum Gasteiger partial charge on any atom is -0.481 e. The molecule has 100 valence electrons. The molecule has 18 heavy (non-hydrogen) atoms. The highest BCUT2D eigenvalue weighted by atomic mass is 32.2. The smallest absolute Gasteiger partial charge is 0.303 e. The zero-order valence-electron chi connectivity index (χ0n) is 9.70. The number of carboxylic acids is 1. The highest BCUT2D eigenvalue weighted by molar-refractivity contribution is 7.91. The molecule has 1 aromatic rings. The summed E-state index contributed by atoms with van der Waals surface area (Å²) >= 11 is 0. The average Bonchev–Trinajstić information content (AvgIpc) is 2.84. The largest absolute Gasteiger partial charge is 0.481 e. The molecule has 1 N–H and O–H groups in total. The molecule has 1 aromatic heterocycles. The number of aromatic nitrogens is 2. The van der Waals surface area contributed by atoms with Crippen molar-refractivity contribution in [2.45, 2.75) is 31.6 Å². The Hall–Kier alpha value is -1.44. The van der Waals surface area contributed by atoms with Gasteiger partial charge in [-0.25, -0.2) is 8.42 Å². The van der Waals surface area contributed by atoms with E-state index in [1.807, 2.05) is 0 Å². The molecule has 1 saturated heterocycles. The van der Waals surface area contributed by atoms with Crippen molar-refractivity contribution in [2.75, 3.05) is 11.5 Å². The number of aliphatic carboxylic acids is 1. The summed E-state index contributed by atoms with van der Waals surface area (Å²) in [5.74, 6) is -0.0256. The third-order valence-corrected chi connectivity index (χ3v) is 4.63. The molecule has 0 spiro atoms. The predicted molar refractivity (Wildman–Crippen MR) is 60.9 cm³/mol. The van der Waals surface area contributed by atoms with Gasteiger partial charge in [0.15, 0.2) is 15.7 Å². The van der Waals surface area contributed by atoms with E-state index in [-0.39, 0.29) is 23.8 Å². The van der Waals surface area contributed by atoms with Crippen LogP contribution in [0.1, 0.15) is 36.9 Å². The number of carboxylic acid groups (broad SMARTS) is 1. The van der Waals surface area contributed by atoms with Crippen molar-refractivity contribution in [3.05, 3.63) is 11.7 Å². The predicted octanol–water partition coefficient (Wildman–Crippen LogP) is 0.379. The van der Waals surface area contributed by atoms with Gasteiger partial charge in [0, 0.05) is 18.8 Å². The molecule has 1 atom stereocenters. The molecule has 1 aliphatic rings. The van der Waals surface area contributed by atoms with Gasteiger partial charge in [0.1, 0.15) is 0 Å². The first kappa shape index (κ1) is 13.0. The lowest BCUT2D eigenvalue weighted by Gasteiger charge is -1.98. The summed E-state index contributed by atoms with van der Waals surface area (Å²) in [4.78, 5) is 14.5. The van der Waals surface area contributed by atoms with Gasteiger partial charge in [-0.1, -0.05) is 5.16 Å². The molecule has 1 unspecified atom stereocenters. The molecule has 2 rings (SSSR count). The molecule has 1 aliphatic heterocycles. The first-order valence-corrected chi connectivity index (χ1v) is 7.53. The Morgan fingerprint density at radius 3 is 2.89 bits per heavy atom. The standard InChI is InChI=1S/C10H14N2O5S/c13-9(14)3-1-2-8-11-10(12-17-8)7-4-5-18(15,16)6-7/h7H,1-6H2,(H,13,14). The molecular weight excluding hydrogens is 260 g/mol. The van der Waals surface area contributed by atoms with Gasteiger partial charge >= 0.3 is 5.97 Å². The Kier molecular flexibility index (Phi) is 3.65. The van der Waals surface area contributed by atoms with E-state index in [2.05, 4.69) is 10.1 Å². The van der Waals surface area contributed by atoms with Crippen molar-refractivity contribution in [3.63, 3.8) is 0 Å². The molecule has 0 saturated carbocycles. The van der Waals surface area contributed by atoms with Gasteiger partial charge < -0.3 is 9.63 Å². The minimum atomic E-state index is -2.96. The second-order valence-corrected chi connectivity index (χ2v) is 6.62. The summed E-state index contributed by atoms with van der Waals surface area (Å²) in [6.45, 7) is 0. The van der Waals surface area contributed by atoms with Crippen LogP contribution in [-0.2, 0) is 21.1 Å². The SMILES string of the molecule is O=C(O)CCCc1nc(C2CCS(=O)(=O)C2)no1. The van der Waals surface area contributed by atoms with Gasteiger partial charge in [-0.3, -0.25) is 4.79 Å². The van der Waals surface area contributed by atoms with Crippen molar-refractivity contribution in [1.29, 1.82) is 0 Å². The monoisotopic (exact) mass is 274 g/mol. The lowest BCUT2D eigenvalue weighted by molar-refractivity contribution is -0.137. The minimum absolute atomic E-state index is 0.0511. The number of nitrogens with zero attached hydrogens (tertiary/aromatic N) is 2. The van der Waals surface area contributed by atoms with Gasteiger partial charge in [0.2, 0.25) is 5.89 Å². The molecule has 2 heterocycles. The number of hydrogen-bond acceptors (Lipinski definition) is 6. The second kappa shape index (κ2) is 5.05. The maximum Gasteiger partial charge on any atom is 0.303 e. The third kappa shape index (κ3) is 3.28. The zero-order valence-corrected chi connectivity index (χ0v) is 10.5. The Balaban J connectivity index is 1.92. The summed E-state index contributed by atoms with van der Waals surface area (Å²) < 4.78 is 27.6. The molecular formula is C10H14N2O5S. The van der Waals surface area contributed by atoms with Gasteiger partial charge in [-0.05, 0) is 12.8 Å². The molecule has 8 heteroatoms. The van der Waals surface area contributed by atoms with E-state index in [0.29, 0.717) is 31.0 Å². The molecule has 0 amide bonds. The highest BCUT2D eigenvalue weighted by Crippen LogP contribution is 2.26. The summed E-state index contributed by atoms with van der Waals surface area (Å²) in [6, 6.07) is 0. The molecule has 7 nitrogen and oxygen atoms in total. The maximum absolute atomic E-state index is 11.3. The number of rotatable bonds is 5. The topological polar surface area (TPSA) is 110 Å². The number of carbonyl (C=O) groups is 1. The van der Waals surface area contributed by atoms with Crippen LogP contribution in [0, 0.1) is 0 Å². The lowest BCUT2D eigenvalue weighted by atomic mass is 10.1. The lowest BCUT2D eigenvalue weighted by Crippen LogP contribution is -2.05. The summed E-state index contributed by atoms with van der Waals surface area (Å²) in [6.07, 6.45) is 1.41. The van der Waals surface area contributed by atoms with Gasteiger partial charge in [-0.15, -0.1) is 0 Å². The van der Waals surface area contributed by atoms with E-state index in [9.17, 15) is 13.2 Å². The van der Waals surface area contributed by atoms with E-state index in [1.54, 1.807) is 0 Å². The van der Waals surface area contributed by atoms with Crippen LogP contribution in [0.3, 0.4) is 0 Å². The van der Waals surface area contributed by atoms with Crippen LogP contribution in [0.2, 0.25) is 0 Å². The normalized spacial score (nSPS) is 22.1. The van der Waals surface area contributed by atoms with E-state index >= 15 is 0 Å². The quantitative estimate of drug-likeness (QED) is 0.826. The van der Waals surface area contributed by atoms with Crippen LogP contribution in [0.15, 0.2) is 4.52 Å². The van der Waals surface area contributed by atoms with Crippen molar-refractivity contribution < 1.29 is 22.8 Å². The van der Waals surface area contributed by atoms with Crippen LogP contribution >= 0.6 is 0 Å². The third-order valence-electron chi connectivity index (χ3n) is 2.86. The highest BCUT2D eigenvalue weighted by Gasteiger charge is 2.32. The van der Waals surface area contributed by atoms with Crippen LogP contribution < -0.4 is 0 Å². The molecule has 0 aromatic carbocycles. The summed E-state index contributed by atoms with van der Waals surface area (Å²) in [7, 11) is -2.96. The Bertz CT molecular complexity index is 536. The summed E-state index contributed by atoms with van der Waals surface area (Å²) in [5, 5.41) is 12.3. The van der Waals surface area contributed by atoms with E-state index in [4.69, 9.17) is 9.63 Å². The van der Waals surface area contributed by atoms with Crippen molar-refractivity contribution >= 4 is 15.8 Å². The Morgan fingerprint density at radius 2 is 2.28 bits per heavy atom. The van der Waals surface area contributed by atoms with Crippen LogP contribution in [0.5, 0.6) is 0 Å².